The Labute approximate surface area is 123 Å². The van der Waals surface area contributed by atoms with Gasteiger partial charge in [-0.15, -0.1) is 0 Å². The average molecular weight is 295 g/mol. The Bertz CT molecular complexity index is 512. The molecule has 1 unspecified atom stereocenters. The van der Waals surface area contributed by atoms with Crippen molar-refractivity contribution in [2.45, 2.75) is 32.7 Å². The third-order valence-corrected chi connectivity index (χ3v) is 3.60. The molecule has 116 valence electrons. The van der Waals surface area contributed by atoms with Crippen LogP contribution in [0.5, 0.6) is 0 Å². The molecule has 1 aromatic rings. The molecule has 0 aliphatic carbocycles. The molecule has 1 fully saturated rings. The highest BCUT2D eigenvalue weighted by Crippen LogP contribution is 2.21. The largest absolute Gasteiger partial charge is 0.433 e. The van der Waals surface area contributed by atoms with Crippen molar-refractivity contribution in [2.75, 3.05) is 19.6 Å². The molecule has 1 aromatic heterocycles. The lowest BCUT2D eigenvalue weighted by molar-refractivity contribution is -0.402. The first-order valence-corrected chi connectivity index (χ1v) is 7.24. The van der Waals surface area contributed by atoms with Crippen molar-refractivity contribution in [1.82, 2.24) is 10.2 Å². The smallest absolute Gasteiger partial charge is 0.395 e. The lowest BCUT2D eigenvalue weighted by Gasteiger charge is -2.32. The molecular formula is C14H21N3O4. The number of piperidine rings is 1. The van der Waals surface area contributed by atoms with Crippen LogP contribution in [0.25, 0.3) is 0 Å². The minimum atomic E-state index is -0.637. The molecule has 0 saturated carbocycles. The molecule has 7 heteroatoms. The van der Waals surface area contributed by atoms with Crippen LogP contribution in [0, 0.1) is 16.0 Å². The van der Waals surface area contributed by atoms with Crippen LogP contribution in [0.15, 0.2) is 16.5 Å². The van der Waals surface area contributed by atoms with Gasteiger partial charge in [-0.3, -0.25) is 14.9 Å². The van der Waals surface area contributed by atoms with Gasteiger partial charge in [-0.2, -0.15) is 0 Å². The van der Waals surface area contributed by atoms with Gasteiger partial charge in [0.15, 0.2) is 5.76 Å². The molecule has 1 aliphatic rings. The van der Waals surface area contributed by atoms with Crippen molar-refractivity contribution >= 4 is 11.8 Å². The van der Waals surface area contributed by atoms with Gasteiger partial charge in [0.1, 0.15) is 4.92 Å². The Hall–Kier alpha value is -1.89. The maximum Gasteiger partial charge on any atom is 0.433 e. The van der Waals surface area contributed by atoms with E-state index in [0.29, 0.717) is 25.0 Å². The molecule has 0 spiro atoms. The van der Waals surface area contributed by atoms with E-state index in [-0.39, 0.29) is 11.7 Å². The van der Waals surface area contributed by atoms with E-state index in [1.54, 1.807) is 4.90 Å². The third-order valence-electron chi connectivity index (χ3n) is 3.60. The van der Waals surface area contributed by atoms with E-state index in [0.717, 1.165) is 19.4 Å². The third kappa shape index (κ3) is 4.04. The fourth-order valence-electron chi connectivity index (χ4n) is 2.52. The molecular weight excluding hydrogens is 274 g/mol. The Morgan fingerprint density at radius 3 is 2.95 bits per heavy atom. The van der Waals surface area contributed by atoms with Crippen molar-refractivity contribution in [1.29, 1.82) is 0 Å². The van der Waals surface area contributed by atoms with E-state index in [1.165, 1.54) is 12.1 Å². The van der Waals surface area contributed by atoms with E-state index in [4.69, 9.17) is 4.42 Å². The summed E-state index contributed by atoms with van der Waals surface area (Å²) in [6.45, 7) is 6.39. The lowest BCUT2D eigenvalue weighted by Crippen LogP contribution is -2.43. The molecule has 2 rings (SSSR count). The van der Waals surface area contributed by atoms with E-state index >= 15 is 0 Å². The van der Waals surface area contributed by atoms with Crippen molar-refractivity contribution in [3.8, 4) is 0 Å². The number of likely N-dealkylation sites (tertiary alicyclic amines) is 1. The predicted octanol–water partition coefficient (Wildman–Crippen LogP) is 2.04. The summed E-state index contributed by atoms with van der Waals surface area (Å²) < 4.78 is 4.99. The van der Waals surface area contributed by atoms with Crippen LogP contribution in [-0.2, 0) is 0 Å². The minimum Gasteiger partial charge on any atom is -0.395 e. The molecule has 1 N–H and O–H groups in total. The standard InChI is InChI=1S/C14H21N3O4/c1-10(2)15-8-11-4-3-7-16(9-11)14(18)12-5-6-13(21-12)17(19)20/h5-6,10-11,15H,3-4,7-9H2,1-2H3. The molecule has 1 aliphatic heterocycles. The zero-order valence-electron chi connectivity index (χ0n) is 12.4. The van der Waals surface area contributed by atoms with Gasteiger partial charge >= 0.3 is 5.88 Å². The number of nitrogens with one attached hydrogen (secondary N) is 1. The Balaban J connectivity index is 1.96. The van der Waals surface area contributed by atoms with Crippen molar-refractivity contribution in [2.24, 2.45) is 5.92 Å². The molecule has 1 saturated heterocycles. The normalized spacial score (nSPS) is 19.0. The average Bonchev–Trinajstić information content (AvgIpc) is 2.94. The first kappa shape index (κ1) is 15.5. The fraction of sp³-hybridized carbons (Fsp3) is 0.643. The number of hydrogen-bond donors (Lipinski definition) is 1. The van der Waals surface area contributed by atoms with Crippen LogP contribution >= 0.6 is 0 Å². The summed E-state index contributed by atoms with van der Waals surface area (Å²) in [5.74, 6) is -0.208. The predicted molar refractivity (Wildman–Crippen MR) is 77.1 cm³/mol. The van der Waals surface area contributed by atoms with Gasteiger partial charge in [-0.25, -0.2) is 0 Å². The molecule has 0 aromatic carbocycles. The topological polar surface area (TPSA) is 88.6 Å². The van der Waals surface area contributed by atoms with Crippen molar-refractivity contribution < 1.29 is 14.1 Å². The zero-order valence-corrected chi connectivity index (χ0v) is 12.4. The minimum absolute atomic E-state index is 0.0409. The first-order chi connectivity index (χ1) is 9.97. The van der Waals surface area contributed by atoms with Gasteiger partial charge in [-0.1, -0.05) is 13.8 Å². The fourth-order valence-corrected chi connectivity index (χ4v) is 2.52. The van der Waals surface area contributed by atoms with Gasteiger partial charge in [0, 0.05) is 19.1 Å². The Morgan fingerprint density at radius 1 is 1.57 bits per heavy atom. The summed E-state index contributed by atoms with van der Waals surface area (Å²) in [5.41, 5.74) is 0. The summed E-state index contributed by atoms with van der Waals surface area (Å²) >= 11 is 0. The lowest BCUT2D eigenvalue weighted by atomic mass is 9.97. The number of carbonyl (C=O) groups excluding carboxylic acids is 1. The van der Waals surface area contributed by atoms with Crippen LogP contribution < -0.4 is 5.32 Å². The van der Waals surface area contributed by atoms with Gasteiger partial charge in [0.05, 0.1) is 6.07 Å². The van der Waals surface area contributed by atoms with Gasteiger partial charge < -0.3 is 14.6 Å². The summed E-state index contributed by atoms with van der Waals surface area (Å²) in [6.07, 6.45) is 2.03. The molecule has 7 nitrogen and oxygen atoms in total. The number of carbonyl (C=O) groups is 1. The Kier molecular flexibility index (Phi) is 4.95. The van der Waals surface area contributed by atoms with Crippen LogP contribution in [-0.4, -0.2) is 41.4 Å². The molecule has 21 heavy (non-hydrogen) atoms. The molecule has 1 amide bonds. The van der Waals surface area contributed by atoms with Gasteiger partial charge in [0.2, 0.25) is 0 Å². The maximum atomic E-state index is 12.3. The van der Waals surface area contributed by atoms with Crippen molar-refractivity contribution in [3.63, 3.8) is 0 Å². The summed E-state index contributed by atoms with van der Waals surface area (Å²) in [4.78, 5) is 24.0. The second-order valence-electron chi connectivity index (χ2n) is 5.72. The number of amides is 1. The second kappa shape index (κ2) is 6.71. The highest BCUT2D eigenvalue weighted by atomic mass is 16.6. The van der Waals surface area contributed by atoms with E-state index in [2.05, 4.69) is 19.2 Å². The van der Waals surface area contributed by atoms with E-state index < -0.39 is 10.8 Å². The number of hydrogen-bond acceptors (Lipinski definition) is 5. The molecule has 0 bridgehead atoms. The van der Waals surface area contributed by atoms with Crippen LogP contribution in [0.3, 0.4) is 0 Å². The van der Waals surface area contributed by atoms with Gasteiger partial charge in [0.25, 0.3) is 5.91 Å². The van der Waals surface area contributed by atoms with Gasteiger partial charge in [-0.05, 0) is 31.4 Å². The number of nitro groups is 1. The quantitative estimate of drug-likeness (QED) is 0.663. The Morgan fingerprint density at radius 2 is 2.33 bits per heavy atom. The molecule has 1 atom stereocenters. The van der Waals surface area contributed by atoms with E-state index in [1.807, 2.05) is 0 Å². The molecule has 2 heterocycles. The van der Waals surface area contributed by atoms with Crippen LogP contribution in [0.4, 0.5) is 5.88 Å². The zero-order chi connectivity index (χ0) is 15.4. The summed E-state index contributed by atoms with van der Waals surface area (Å²) in [7, 11) is 0. The number of nitrogens with zero attached hydrogens (tertiary/aromatic N) is 2. The molecule has 0 radical (unpaired) electrons. The highest BCUT2D eigenvalue weighted by molar-refractivity contribution is 5.91. The number of furan rings is 1. The van der Waals surface area contributed by atoms with Crippen LogP contribution in [0.1, 0.15) is 37.2 Å². The SMILES string of the molecule is CC(C)NCC1CCCN(C(=O)c2ccc([N+](=O)[O-])o2)C1. The van der Waals surface area contributed by atoms with E-state index in [9.17, 15) is 14.9 Å². The highest BCUT2D eigenvalue weighted by Gasteiger charge is 2.27. The monoisotopic (exact) mass is 295 g/mol. The summed E-state index contributed by atoms with van der Waals surface area (Å²) in [5, 5.41) is 14.0. The van der Waals surface area contributed by atoms with Crippen molar-refractivity contribution in [3.05, 3.63) is 28.0 Å². The first-order valence-electron chi connectivity index (χ1n) is 7.24. The number of rotatable bonds is 5. The summed E-state index contributed by atoms with van der Waals surface area (Å²) in [6, 6.07) is 3.01. The maximum absolute atomic E-state index is 12.3. The van der Waals surface area contributed by atoms with Crippen LogP contribution in [0.2, 0.25) is 0 Å². The second-order valence-corrected chi connectivity index (χ2v) is 5.72.